The molecule has 0 heterocycles. The standard InChI is InChI=1S/C12H26O2S/c1-3-9-14-10-7-5-6-8-12-15(13)11-4-2/h3-12H2,1-2H3. The minimum atomic E-state index is -0.562. The maximum Gasteiger partial charge on any atom is 0.0466 e. The number of unbranched alkanes of at least 4 members (excludes halogenated alkanes) is 3. The highest BCUT2D eigenvalue weighted by atomic mass is 32.2. The Morgan fingerprint density at radius 1 is 0.867 bits per heavy atom. The predicted molar refractivity (Wildman–Crippen MR) is 67.7 cm³/mol. The highest BCUT2D eigenvalue weighted by molar-refractivity contribution is 7.84. The van der Waals surface area contributed by atoms with Gasteiger partial charge in [-0.05, 0) is 25.7 Å². The fraction of sp³-hybridized carbons (Fsp3) is 1.00. The van der Waals surface area contributed by atoms with Crippen LogP contribution in [-0.4, -0.2) is 28.9 Å². The zero-order valence-corrected chi connectivity index (χ0v) is 11.1. The Labute approximate surface area is 97.2 Å². The summed E-state index contributed by atoms with van der Waals surface area (Å²) < 4.78 is 16.7. The van der Waals surface area contributed by atoms with Gasteiger partial charge >= 0.3 is 0 Å². The molecule has 0 spiro atoms. The minimum Gasteiger partial charge on any atom is -0.381 e. The van der Waals surface area contributed by atoms with Crippen LogP contribution >= 0.6 is 0 Å². The topological polar surface area (TPSA) is 26.3 Å². The van der Waals surface area contributed by atoms with E-state index in [0.717, 1.165) is 50.4 Å². The fourth-order valence-corrected chi connectivity index (χ4v) is 2.58. The van der Waals surface area contributed by atoms with Crippen molar-refractivity contribution >= 4 is 10.8 Å². The lowest BCUT2D eigenvalue weighted by Gasteiger charge is -2.03. The summed E-state index contributed by atoms with van der Waals surface area (Å²) in [6.07, 6.45) is 6.83. The van der Waals surface area contributed by atoms with Crippen molar-refractivity contribution in [2.24, 2.45) is 0 Å². The molecular weight excluding hydrogens is 208 g/mol. The molecule has 1 atom stereocenters. The summed E-state index contributed by atoms with van der Waals surface area (Å²) >= 11 is 0. The van der Waals surface area contributed by atoms with Crippen LogP contribution in [0.5, 0.6) is 0 Å². The average Bonchev–Trinajstić information content (AvgIpc) is 2.22. The van der Waals surface area contributed by atoms with Crippen LogP contribution < -0.4 is 0 Å². The second kappa shape index (κ2) is 12.2. The summed E-state index contributed by atoms with van der Waals surface area (Å²) in [5.74, 6) is 1.77. The fourth-order valence-electron chi connectivity index (χ4n) is 1.40. The molecule has 0 aliphatic rings. The Hall–Kier alpha value is 0.110. The van der Waals surface area contributed by atoms with Crippen LogP contribution in [0.3, 0.4) is 0 Å². The molecule has 0 aromatic carbocycles. The molecule has 0 amide bonds. The molecule has 0 aromatic rings. The lowest BCUT2D eigenvalue weighted by molar-refractivity contribution is 0.130. The Kier molecular flexibility index (Phi) is 12.3. The molecule has 0 fully saturated rings. The van der Waals surface area contributed by atoms with Crippen molar-refractivity contribution in [2.75, 3.05) is 24.7 Å². The van der Waals surface area contributed by atoms with Crippen LogP contribution in [0, 0.1) is 0 Å². The van der Waals surface area contributed by atoms with Crippen molar-refractivity contribution in [3.05, 3.63) is 0 Å². The van der Waals surface area contributed by atoms with Gasteiger partial charge in [0.2, 0.25) is 0 Å². The molecule has 1 unspecified atom stereocenters. The largest absolute Gasteiger partial charge is 0.381 e. The van der Waals surface area contributed by atoms with Crippen molar-refractivity contribution in [1.29, 1.82) is 0 Å². The van der Waals surface area contributed by atoms with Crippen molar-refractivity contribution in [2.45, 2.75) is 52.4 Å². The SMILES string of the molecule is CCCOCCCCCCS(=O)CCC. The number of hydrogen-bond donors (Lipinski definition) is 0. The van der Waals surface area contributed by atoms with Crippen molar-refractivity contribution in [3.8, 4) is 0 Å². The van der Waals surface area contributed by atoms with E-state index in [2.05, 4.69) is 13.8 Å². The highest BCUT2D eigenvalue weighted by Crippen LogP contribution is 2.02. The van der Waals surface area contributed by atoms with E-state index in [-0.39, 0.29) is 0 Å². The summed E-state index contributed by atoms with van der Waals surface area (Å²) in [6.45, 7) is 6.00. The van der Waals surface area contributed by atoms with E-state index in [1.807, 2.05) is 0 Å². The highest BCUT2D eigenvalue weighted by Gasteiger charge is 1.97. The molecule has 2 nitrogen and oxygen atoms in total. The van der Waals surface area contributed by atoms with E-state index in [0.29, 0.717) is 0 Å². The molecule has 0 bridgehead atoms. The molecule has 15 heavy (non-hydrogen) atoms. The maximum absolute atomic E-state index is 11.3. The second-order valence-electron chi connectivity index (χ2n) is 3.87. The Bertz CT molecular complexity index is 149. The molecule has 0 aliphatic heterocycles. The van der Waals surface area contributed by atoms with Gasteiger partial charge in [0.05, 0.1) is 0 Å². The van der Waals surface area contributed by atoms with Gasteiger partial charge in [-0.2, -0.15) is 0 Å². The third-order valence-electron chi connectivity index (χ3n) is 2.19. The lowest BCUT2D eigenvalue weighted by Crippen LogP contribution is -2.02. The van der Waals surface area contributed by atoms with Crippen LogP contribution in [0.25, 0.3) is 0 Å². The van der Waals surface area contributed by atoms with Gasteiger partial charge in [-0.3, -0.25) is 4.21 Å². The van der Waals surface area contributed by atoms with E-state index in [4.69, 9.17) is 4.74 Å². The van der Waals surface area contributed by atoms with Crippen LogP contribution in [0.1, 0.15) is 52.4 Å². The Morgan fingerprint density at radius 2 is 1.60 bits per heavy atom. The molecule has 0 N–H and O–H groups in total. The summed E-state index contributed by atoms with van der Waals surface area (Å²) in [5.41, 5.74) is 0. The smallest absolute Gasteiger partial charge is 0.0466 e. The van der Waals surface area contributed by atoms with Crippen LogP contribution in [0.4, 0.5) is 0 Å². The van der Waals surface area contributed by atoms with Crippen molar-refractivity contribution < 1.29 is 8.95 Å². The Balaban J connectivity index is 3.01. The number of rotatable bonds is 11. The minimum absolute atomic E-state index is 0.562. The first-order chi connectivity index (χ1) is 7.31. The molecular formula is C12H26O2S. The van der Waals surface area contributed by atoms with E-state index >= 15 is 0 Å². The van der Waals surface area contributed by atoms with Crippen molar-refractivity contribution in [3.63, 3.8) is 0 Å². The molecule has 0 rings (SSSR count). The van der Waals surface area contributed by atoms with E-state index in [1.165, 1.54) is 12.8 Å². The number of hydrogen-bond acceptors (Lipinski definition) is 2. The molecule has 0 aromatic heterocycles. The van der Waals surface area contributed by atoms with E-state index in [9.17, 15) is 4.21 Å². The number of ether oxygens (including phenoxy) is 1. The molecule has 0 radical (unpaired) electrons. The van der Waals surface area contributed by atoms with Crippen LogP contribution in [-0.2, 0) is 15.5 Å². The van der Waals surface area contributed by atoms with E-state index < -0.39 is 10.8 Å². The average molecular weight is 234 g/mol. The van der Waals surface area contributed by atoms with Crippen LogP contribution in [0.2, 0.25) is 0 Å². The third-order valence-corrected chi connectivity index (χ3v) is 3.80. The normalized spacial score (nSPS) is 12.9. The van der Waals surface area contributed by atoms with Gasteiger partial charge in [0, 0.05) is 35.5 Å². The quantitative estimate of drug-likeness (QED) is 0.513. The van der Waals surface area contributed by atoms with Gasteiger partial charge in [0.1, 0.15) is 0 Å². The maximum atomic E-state index is 11.3. The van der Waals surface area contributed by atoms with E-state index in [1.54, 1.807) is 0 Å². The van der Waals surface area contributed by atoms with Gasteiger partial charge in [-0.25, -0.2) is 0 Å². The first kappa shape index (κ1) is 15.1. The zero-order valence-electron chi connectivity index (χ0n) is 10.3. The van der Waals surface area contributed by atoms with Gasteiger partial charge in [0.15, 0.2) is 0 Å². The first-order valence-electron chi connectivity index (χ1n) is 6.24. The Morgan fingerprint density at radius 3 is 2.27 bits per heavy atom. The van der Waals surface area contributed by atoms with Gasteiger partial charge in [0.25, 0.3) is 0 Å². The molecule has 92 valence electrons. The summed E-state index contributed by atoms with van der Waals surface area (Å²) in [5, 5.41) is 0. The van der Waals surface area contributed by atoms with Crippen molar-refractivity contribution in [1.82, 2.24) is 0 Å². The monoisotopic (exact) mass is 234 g/mol. The first-order valence-corrected chi connectivity index (χ1v) is 7.72. The molecule has 3 heteroatoms. The summed E-state index contributed by atoms with van der Waals surface area (Å²) in [7, 11) is -0.562. The lowest BCUT2D eigenvalue weighted by atomic mass is 10.2. The predicted octanol–water partition coefficient (Wildman–Crippen LogP) is 3.13. The van der Waals surface area contributed by atoms with Crippen LogP contribution in [0.15, 0.2) is 0 Å². The summed E-state index contributed by atoms with van der Waals surface area (Å²) in [4.78, 5) is 0. The third kappa shape index (κ3) is 12.0. The molecule has 0 aliphatic carbocycles. The van der Waals surface area contributed by atoms with Gasteiger partial charge in [-0.15, -0.1) is 0 Å². The summed E-state index contributed by atoms with van der Waals surface area (Å²) in [6, 6.07) is 0. The molecule has 0 saturated carbocycles. The second-order valence-corrected chi connectivity index (χ2v) is 5.57. The zero-order chi connectivity index (χ0) is 11.4. The van der Waals surface area contributed by atoms with Gasteiger partial charge in [-0.1, -0.05) is 26.7 Å². The van der Waals surface area contributed by atoms with Gasteiger partial charge < -0.3 is 4.74 Å². The molecule has 0 saturated heterocycles.